The molecule has 4 nitrogen and oxygen atoms in total. The van der Waals surface area contributed by atoms with Crippen LogP contribution in [0.15, 0.2) is 0 Å². The summed E-state index contributed by atoms with van der Waals surface area (Å²) in [6.45, 7) is 5.82. The van der Waals surface area contributed by atoms with E-state index in [1.807, 2.05) is 0 Å². The Bertz CT molecular complexity index is 307. The molecule has 0 saturated heterocycles. The van der Waals surface area contributed by atoms with Gasteiger partial charge in [-0.05, 0) is 45.4 Å². The van der Waals surface area contributed by atoms with Crippen LogP contribution < -0.4 is 5.32 Å². The largest absolute Gasteiger partial charge is 0.462 e. The number of carbonyl (C=O) groups excluding carboxylic acids is 2. The number of unbranched alkanes of at least 4 members (excludes halogenated alkanes) is 1. The van der Waals surface area contributed by atoms with Gasteiger partial charge in [0.15, 0.2) is 0 Å². The molecule has 4 heteroatoms. The molecule has 1 amide bonds. The summed E-state index contributed by atoms with van der Waals surface area (Å²) < 4.78 is 5.00. The lowest BCUT2D eigenvalue weighted by atomic mass is 9.79. The van der Waals surface area contributed by atoms with Crippen molar-refractivity contribution < 1.29 is 14.3 Å². The fraction of sp³-hybridized carbons (Fsp3) is 0.875. The molecule has 0 bridgehead atoms. The quantitative estimate of drug-likeness (QED) is 0.731. The topological polar surface area (TPSA) is 55.4 Å². The number of ether oxygens (including phenoxy) is 1. The van der Waals surface area contributed by atoms with Crippen LogP contribution in [0, 0.1) is 11.8 Å². The van der Waals surface area contributed by atoms with Gasteiger partial charge >= 0.3 is 5.97 Å². The van der Waals surface area contributed by atoms with Crippen LogP contribution in [0.25, 0.3) is 0 Å². The smallest absolute Gasteiger partial charge is 0.325 e. The molecule has 20 heavy (non-hydrogen) atoms. The van der Waals surface area contributed by atoms with Gasteiger partial charge in [-0.3, -0.25) is 9.59 Å². The van der Waals surface area contributed by atoms with Gasteiger partial charge in [0.05, 0.1) is 6.10 Å². The molecule has 116 valence electrons. The van der Waals surface area contributed by atoms with E-state index in [1.54, 1.807) is 13.8 Å². The van der Waals surface area contributed by atoms with E-state index in [-0.39, 0.29) is 30.4 Å². The van der Waals surface area contributed by atoms with Gasteiger partial charge in [0.1, 0.15) is 6.54 Å². The van der Waals surface area contributed by atoms with Crippen molar-refractivity contribution in [3.05, 3.63) is 0 Å². The summed E-state index contributed by atoms with van der Waals surface area (Å²) in [6, 6.07) is 0. The van der Waals surface area contributed by atoms with E-state index in [0.717, 1.165) is 31.6 Å². The minimum atomic E-state index is -0.356. The molecule has 1 saturated carbocycles. The molecule has 0 atom stereocenters. The number of hydrogen-bond donors (Lipinski definition) is 1. The highest BCUT2D eigenvalue weighted by atomic mass is 16.5. The SMILES string of the molecule is CCCCC1CCC(C(=O)NCC(=O)OC(C)C)CC1. The molecule has 0 aromatic rings. The van der Waals surface area contributed by atoms with E-state index >= 15 is 0 Å². The lowest BCUT2D eigenvalue weighted by Crippen LogP contribution is -2.37. The Balaban J connectivity index is 2.20. The van der Waals surface area contributed by atoms with Crippen molar-refractivity contribution in [3.8, 4) is 0 Å². The van der Waals surface area contributed by atoms with Crippen molar-refractivity contribution in [2.24, 2.45) is 11.8 Å². The highest BCUT2D eigenvalue weighted by molar-refractivity contribution is 5.83. The third kappa shape index (κ3) is 6.40. The Morgan fingerprint density at radius 2 is 1.85 bits per heavy atom. The first-order chi connectivity index (χ1) is 9.52. The van der Waals surface area contributed by atoms with E-state index in [1.165, 1.54) is 19.3 Å². The zero-order valence-electron chi connectivity index (χ0n) is 13.1. The van der Waals surface area contributed by atoms with Gasteiger partial charge < -0.3 is 10.1 Å². The zero-order valence-corrected chi connectivity index (χ0v) is 13.1. The Morgan fingerprint density at radius 1 is 1.20 bits per heavy atom. The fourth-order valence-corrected chi connectivity index (χ4v) is 2.81. The van der Waals surface area contributed by atoms with Gasteiger partial charge in [-0.1, -0.05) is 26.2 Å². The summed E-state index contributed by atoms with van der Waals surface area (Å²) >= 11 is 0. The van der Waals surface area contributed by atoms with Crippen LogP contribution in [0.1, 0.15) is 65.7 Å². The van der Waals surface area contributed by atoms with Crippen molar-refractivity contribution in [1.82, 2.24) is 5.32 Å². The van der Waals surface area contributed by atoms with E-state index < -0.39 is 0 Å². The second-order valence-corrected chi connectivity index (χ2v) is 6.12. The number of hydrogen-bond acceptors (Lipinski definition) is 3. The molecule has 1 aliphatic carbocycles. The molecule has 0 aromatic carbocycles. The van der Waals surface area contributed by atoms with Gasteiger partial charge in [0, 0.05) is 5.92 Å². The molecule has 0 aliphatic heterocycles. The van der Waals surface area contributed by atoms with Crippen molar-refractivity contribution >= 4 is 11.9 Å². The van der Waals surface area contributed by atoms with Crippen LogP contribution in [0.4, 0.5) is 0 Å². The predicted molar refractivity (Wildman–Crippen MR) is 79.2 cm³/mol. The Kier molecular flexibility index (Phi) is 7.63. The van der Waals surface area contributed by atoms with Crippen molar-refractivity contribution in [3.63, 3.8) is 0 Å². The third-order valence-corrected chi connectivity index (χ3v) is 3.96. The number of carbonyl (C=O) groups is 2. The monoisotopic (exact) mass is 283 g/mol. The summed E-state index contributed by atoms with van der Waals surface area (Å²) in [5.41, 5.74) is 0. The summed E-state index contributed by atoms with van der Waals surface area (Å²) in [5.74, 6) is 0.536. The van der Waals surface area contributed by atoms with E-state index in [0.29, 0.717) is 0 Å². The number of esters is 1. The first kappa shape index (κ1) is 17.0. The fourth-order valence-electron chi connectivity index (χ4n) is 2.81. The first-order valence-corrected chi connectivity index (χ1v) is 8.00. The highest BCUT2D eigenvalue weighted by Crippen LogP contribution is 2.31. The van der Waals surface area contributed by atoms with Gasteiger partial charge in [0.2, 0.25) is 5.91 Å². The van der Waals surface area contributed by atoms with Crippen LogP contribution in [0.2, 0.25) is 0 Å². The van der Waals surface area contributed by atoms with Gasteiger partial charge in [-0.25, -0.2) is 0 Å². The lowest BCUT2D eigenvalue weighted by Gasteiger charge is -2.27. The average molecular weight is 283 g/mol. The summed E-state index contributed by atoms with van der Waals surface area (Å²) in [5, 5.41) is 2.70. The summed E-state index contributed by atoms with van der Waals surface area (Å²) in [7, 11) is 0. The van der Waals surface area contributed by atoms with E-state index in [2.05, 4.69) is 12.2 Å². The second kappa shape index (κ2) is 8.98. The molecule has 0 unspecified atom stereocenters. The minimum absolute atomic E-state index is 0.00717. The molecular weight excluding hydrogens is 254 g/mol. The molecular formula is C16H29NO3. The third-order valence-electron chi connectivity index (χ3n) is 3.96. The molecule has 0 aromatic heterocycles. The van der Waals surface area contributed by atoms with Crippen molar-refractivity contribution in [2.75, 3.05) is 6.54 Å². The van der Waals surface area contributed by atoms with Crippen molar-refractivity contribution in [1.29, 1.82) is 0 Å². The Labute approximate surface area is 122 Å². The second-order valence-electron chi connectivity index (χ2n) is 6.12. The summed E-state index contributed by atoms with van der Waals surface area (Å²) in [4.78, 5) is 23.4. The zero-order chi connectivity index (χ0) is 15.0. The maximum Gasteiger partial charge on any atom is 0.325 e. The number of nitrogens with one attached hydrogen (secondary N) is 1. The molecule has 0 spiro atoms. The normalized spacial score (nSPS) is 22.6. The standard InChI is InChI=1S/C16H29NO3/c1-4-5-6-13-7-9-14(10-8-13)16(19)17-11-15(18)20-12(2)3/h12-14H,4-11H2,1-3H3,(H,17,19). The van der Waals surface area contributed by atoms with Gasteiger partial charge in [-0.2, -0.15) is 0 Å². The molecule has 0 heterocycles. The van der Waals surface area contributed by atoms with E-state index in [9.17, 15) is 9.59 Å². The number of amides is 1. The molecule has 1 rings (SSSR count). The predicted octanol–water partition coefficient (Wildman–Crippen LogP) is 3.05. The van der Waals surface area contributed by atoms with Crippen molar-refractivity contribution in [2.45, 2.75) is 71.8 Å². The van der Waals surface area contributed by atoms with Crippen LogP contribution in [0.5, 0.6) is 0 Å². The molecule has 0 radical (unpaired) electrons. The summed E-state index contributed by atoms with van der Waals surface area (Å²) in [6.07, 6.45) is 7.92. The maximum absolute atomic E-state index is 12.0. The average Bonchev–Trinajstić information content (AvgIpc) is 2.42. The van der Waals surface area contributed by atoms with Crippen LogP contribution >= 0.6 is 0 Å². The van der Waals surface area contributed by atoms with Crippen LogP contribution in [-0.2, 0) is 14.3 Å². The first-order valence-electron chi connectivity index (χ1n) is 8.00. The minimum Gasteiger partial charge on any atom is -0.462 e. The Hall–Kier alpha value is -1.06. The lowest BCUT2D eigenvalue weighted by molar-refractivity contribution is -0.147. The highest BCUT2D eigenvalue weighted by Gasteiger charge is 2.26. The van der Waals surface area contributed by atoms with E-state index in [4.69, 9.17) is 4.74 Å². The van der Waals surface area contributed by atoms with Gasteiger partial charge in [-0.15, -0.1) is 0 Å². The number of rotatable bonds is 7. The Morgan fingerprint density at radius 3 is 2.40 bits per heavy atom. The molecule has 1 fully saturated rings. The van der Waals surface area contributed by atoms with Gasteiger partial charge in [0.25, 0.3) is 0 Å². The maximum atomic E-state index is 12.0. The van der Waals surface area contributed by atoms with Crippen LogP contribution in [-0.4, -0.2) is 24.5 Å². The molecule has 1 aliphatic rings. The van der Waals surface area contributed by atoms with Crippen LogP contribution in [0.3, 0.4) is 0 Å². The molecule has 1 N–H and O–H groups in total.